The lowest BCUT2D eigenvalue weighted by atomic mass is 10.1. The van der Waals surface area contributed by atoms with Gasteiger partial charge in [0.1, 0.15) is 17.5 Å². The molecule has 0 amide bonds. The van der Waals surface area contributed by atoms with E-state index >= 15 is 0 Å². The van der Waals surface area contributed by atoms with E-state index < -0.39 is 0 Å². The zero-order chi connectivity index (χ0) is 15.2. The fourth-order valence-electron chi connectivity index (χ4n) is 2.86. The summed E-state index contributed by atoms with van der Waals surface area (Å²) in [6.07, 6.45) is 4.59. The number of nitrogens with one attached hydrogen (secondary N) is 1. The number of anilines is 2. The first-order valence-electron chi connectivity index (χ1n) is 8.08. The lowest BCUT2D eigenvalue weighted by Crippen LogP contribution is -2.40. The van der Waals surface area contributed by atoms with Crippen molar-refractivity contribution >= 4 is 11.6 Å². The van der Waals surface area contributed by atoms with Crippen molar-refractivity contribution in [2.45, 2.75) is 52.6 Å². The third-order valence-electron chi connectivity index (χ3n) is 4.00. The number of aryl methyl sites for hydroxylation is 1. The highest BCUT2D eigenvalue weighted by Gasteiger charge is 2.23. The molecule has 21 heavy (non-hydrogen) atoms. The van der Waals surface area contributed by atoms with E-state index in [1.807, 2.05) is 0 Å². The smallest absolute Gasteiger partial charge is 0.137 e. The van der Waals surface area contributed by atoms with Gasteiger partial charge in [0.15, 0.2) is 0 Å². The number of nitrogens with zero attached hydrogens (tertiary/aromatic N) is 3. The first-order valence-corrected chi connectivity index (χ1v) is 8.08. The van der Waals surface area contributed by atoms with Crippen LogP contribution in [0.25, 0.3) is 0 Å². The van der Waals surface area contributed by atoms with Crippen LogP contribution in [0, 0.1) is 6.92 Å². The van der Waals surface area contributed by atoms with E-state index in [-0.39, 0.29) is 0 Å². The van der Waals surface area contributed by atoms with Gasteiger partial charge in [0.05, 0.1) is 6.10 Å². The molecule has 1 N–H and O–H groups in total. The molecular formula is C16H28N4O. The Labute approximate surface area is 128 Å². The van der Waals surface area contributed by atoms with Crippen LogP contribution in [0.5, 0.6) is 0 Å². The van der Waals surface area contributed by atoms with Crippen molar-refractivity contribution in [2.75, 3.05) is 37.0 Å². The molecule has 5 nitrogen and oxygen atoms in total. The van der Waals surface area contributed by atoms with Crippen LogP contribution in [0.1, 0.15) is 44.5 Å². The molecule has 1 saturated heterocycles. The quantitative estimate of drug-likeness (QED) is 0.873. The molecule has 0 spiro atoms. The predicted molar refractivity (Wildman–Crippen MR) is 87.2 cm³/mol. The van der Waals surface area contributed by atoms with Crippen molar-refractivity contribution in [1.29, 1.82) is 0 Å². The molecule has 118 valence electrons. The fraction of sp³-hybridized carbons (Fsp3) is 0.750. The van der Waals surface area contributed by atoms with Gasteiger partial charge in [-0.25, -0.2) is 9.97 Å². The first kappa shape index (κ1) is 16.0. The monoisotopic (exact) mass is 292 g/mol. The average Bonchev–Trinajstić information content (AvgIpc) is 2.51. The summed E-state index contributed by atoms with van der Waals surface area (Å²) in [6, 6.07) is 0. The summed E-state index contributed by atoms with van der Waals surface area (Å²) in [5.41, 5.74) is 1.15. The lowest BCUT2D eigenvalue weighted by molar-refractivity contribution is 0.0891. The van der Waals surface area contributed by atoms with E-state index in [9.17, 15) is 0 Å². The Morgan fingerprint density at radius 3 is 2.81 bits per heavy atom. The number of hydrogen-bond acceptors (Lipinski definition) is 5. The molecule has 5 heteroatoms. The average molecular weight is 292 g/mol. The summed E-state index contributed by atoms with van der Waals surface area (Å²) in [5.74, 6) is 2.99. The Morgan fingerprint density at radius 2 is 2.14 bits per heavy atom. The molecule has 1 aromatic heterocycles. The molecule has 0 saturated carbocycles. The highest BCUT2D eigenvalue weighted by Crippen LogP contribution is 2.27. The second kappa shape index (κ2) is 7.59. The summed E-state index contributed by atoms with van der Waals surface area (Å²) in [5, 5.41) is 3.37. The Balaban J connectivity index is 2.31. The molecule has 1 aliphatic heterocycles. The van der Waals surface area contributed by atoms with Crippen LogP contribution in [0.3, 0.4) is 0 Å². The maximum atomic E-state index is 5.54. The fourth-order valence-corrected chi connectivity index (χ4v) is 2.86. The second-order valence-electron chi connectivity index (χ2n) is 5.66. The Kier molecular flexibility index (Phi) is 5.79. The van der Waals surface area contributed by atoms with Gasteiger partial charge in [-0.2, -0.15) is 0 Å². The zero-order valence-corrected chi connectivity index (χ0v) is 13.8. The normalized spacial score (nSPS) is 18.9. The molecule has 1 aliphatic rings. The summed E-state index contributed by atoms with van der Waals surface area (Å²) in [6.45, 7) is 9.23. The molecular weight excluding hydrogens is 264 g/mol. The van der Waals surface area contributed by atoms with Gasteiger partial charge in [-0.05, 0) is 33.1 Å². The minimum atomic E-state index is 0.310. The highest BCUT2D eigenvalue weighted by molar-refractivity contribution is 5.59. The van der Waals surface area contributed by atoms with Gasteiger partial charge in [-0.1, -0.05) is 6.92 Å². The molecule has 1 atom stereocenters. The third-order valence-corrected chi connectivity index (χ3v) is 4.00. The number of methoxy groups -OCH3 is 1. The molecule has 1 fully saturated rings. The number of rotatable bonds is 6. The summed E-state index contributed by atoms with van der Waals surface area (Å²) in [4.78, 5) is 11.8. The van der Waals surface area contributed by atoms with Crippen LogP contribution >= 0.6 is 0 Å². The van der Waals surface area contributed by atoms with Crippen LogP contribution in [0.2, 0.25) is 0 Å². The van der Waals surface area contributed by atoms with Gasteiger partial charge in [0.2, 0.25) is 0 Å². The largest absolute Gasteiger partial charge is 0.380 e. The summed E-state index contributed by atoms with van der Waals surface area (Å²) < 4.78 is 5.54. The third kappa shape index (κ3) is 3.84. The Bertz CT molecular complexity index is 464. The van der Waals surface area contributed by atoms with E-state index in [1.165, 1.54) is 0 Å². The van der Waals surface area contributed by atoms with Gasteiger partial charge < -0.3 is 15.0 Å². The van der Waals surface area contributed by atoms with Crippen LogP contribution in [0.15, 0.2) is 0 Å². The van der Waals surface area contributed by atoms with E-state index in [0.717, 1.165) is 68.3 Å². The standard InChI is InChI=1S/C16H28N4O/c1-5-8-14-18-15(17-6-2)12(3)16(19-14)20-10-7-9-13(11-20)21-4/h13H,5-11H2,1-4H3,(H,17,18,19). The van der Waals surface area contributed by atoms with Crippen LogP contribution in [-0.2, 0) is 11.2 Å². The molecule has 0 aliphatic carbocycles. The van der Waals surface area contributed by atoms with Crippen molar-refractivity contribution in [3.05, 3.63) is 11.4 Å². The molecule has 2 rings (SSSR count). The minimum absolute atomic E-state index is 0.310. The van der Waals surface area contributed by atoms with E-state index in [0.29, 0.717) is 6.10 Å². The molecule has 2 heterocycles. The SMILES string of the molecule is CCCc1nc(NCC)c(C)c(N2CCCC(OC)C2)n1. The molecule has 0 bridgehead atoms. The first-order chi connectivity index (χ1) is 10.2. The van der Waals surface area contributed by atoms with Gasteiger partial charge in [-0.15, -0.1) is 0 Å². The molecule has 0 radical (unpaired) electrons. The van der Waals surface area contributed by atoms with E-state index in [1.54, 1.807) is 7.11 Å². The molecule has 0 aromatic carbocycles. The number of piperidine rings is 1. The van der Waals surface area contributed by atoms with E-state index in [2.05, 4.69) is 36.0 Å². The lowest BCUT2D eigenvalue weighted by Gasteiger charge is -2.34. The molecule has 1 aromatic rings. The van der Waals surface area contributed by atoms with Crippen molar-refractivity contribution in [2.24, 2.45) is 0 Å². The number of hydrogen-bond donors (Lipinski definition) is 1. The van der Waals surface area contributed by atoms with Crippen molar-refractivity contribution in [3.8, 4) is 0 Å². The number of aromatic nitrogens is 2. The maximum Gasteiger partial charge on any atom is 0.137 e. The minimum Gasteiger partial charge on any atom is -0.380 e. The molecule has 1 unspecified atom stereocenters. The zero-order valence-electron chi connectivity index (χ0n) is 13.8. The van der Waals surface area contributed by atoms with E-state index in [4.69, 9.17) is 9.72 Å². The van der Waals surface area contributed by atoms with Gasteiger partial charge in [-0.3, -0.25) is 0 Å². The second-order valence-corrected chi connectivity index (χ2v) is 5.66. The van der Waals surface area contributed by atoms with Crippen molar-refractivity contribution < 1.29 is 4.74 Å². The van der Waals surface area contributed by atoms with Gasteiger partial charge in [0, 0.05) is 38.7 Å². The summed E-state index contributed by atoms with van der Waals surface area (Å²) in [7, 11) is 1.80. The van der Waals surface area contributed by atoms with Gasteiger partial charge in [0.25, 0.3) is 0 Å². The van der Waals surface area contributed by atoms with Crippen LogP contribution < -0.4 is 10.2 Å². The number of ether oxygens (including phenoxy) is 1. The van der Waals surface area contributed by atoms with Crippen molar-refractivity contribution in [3.63, 3.8) is 0 Å². The van der Waals surface area contributed by atoms with Crippen molar-refractivity contribution in [1.82, 2.24) is 9.97 Å². The highest BCUT2D eigenvalue weighted by atomic mass is 16.5. The van der Waals surface area contributed by atoms with Gasteiger partial charge >= 0.3 is 0 Å². The van der Waals surface area contributed by atoms with Crippen LogP contribution in [0.4, 0.5) is 11.6 Å². The topological polar surface area (TPSA) is 50.3 Å². The van der Waals surface area contributed by atoms with Crippen LogP contribution in [-0.4, -0.2) is 42.8 Å². The Morgan fingerprint density at radius 1 is 1.33 bits per heavy atom. The summed E-state index contributed by atoms with van der Waals surface area (Å²) >= 11 is 0. The predicted octanol–water partition coefficient (Wildman–Crippen LogP) is 2.78. The maximum absolute atomic E-state index is 5.54. The Hall–Kier alpha value is -1.36.